The fraction of sp³-hybridized carbons (Fsp3) is 0.429. The molecule has 3 rings (SSSR count). The molecule has 3 heteroatoms. The molecule has 0 saturated heterocycles. The van der Waals surface area contributed by atoms with Crippen molar-refractivity contribution in [3.05, 3.63) is 34.5 Å². The van der Waals surface area contributed by atoms with Crippen LogP contribution in [0.25, 0.3) is 11.0 Å². The lowest BCUT2D eigenvalue weighted by atomic mass is 9.81. The molecular formula is C14H15BrO2. The Morgan fingerprint density at radius 1 is 1.41 bits per heavy atom. The monoisotopic (exact) mass is 294 g/mol. The molecule has 0 aliphatic heterocycles. The lowest BCUT2D eigenvalue weighted by Crippen LogP contribution is -2.14. The van der Waals surface area contributed by atoms with Crippen molar-refractivity contribution in [2.45, 2.75) is 31.8 Å². The van der Waals surface area contributed by atoms with Crippen molar-refractivity contribution in [1.82, 2.24) is 0 Å². The van der Waals surface area contributed by atoms with E-state index in [2.05, 4.69) is 15.9 Å². The second kappa shape index (κ2) is 4.46. The quantitative estimate of drug-likeness (QED) is 0.909. The van der Waals surface area contributed by atoms with Gasteiger partial charge in [-0.2, -0.15) is 0 Å². The summed E-state index contributed by atoms with van der Waals surface area (Å²) in [6.07, 6.45) is 4.18. The van der Waals surface area contributed by atoms with Gasteiger partial charge < -0.3 is 9.52 Å². The Bertz CT molecular complexity index is 528. The van der Waals surface area contributed by atoms with Gasteiger partial charge in [0.25, 0.3) is 0 Å². The number of halogens is 1. The zero-order chi connectivity index (χ0) is 11.8. The van der Waals surface area contributed by atoms with Crippen molar-refractivity contribution in [3.63, 3.8) is 0 Å². The van der Waals surface area contributed by atoms with Gasteiger partial charge in [-0.1, -0.05) is 31.4 Å². The van der Waals surface area contributed by atoms with Gasteiger partial charge in [-0.15, -0.1) is 0 Å². The third-order valence-corrected chi connectivity index (χ3v) is 4.25. The summed E-state index contributed by atoms with van der Waals surface area (Å²) in [5.41, 5.74) is 0.829. The number of aliphatic hydroxyl groups is 1. The average molecular weight is 295 g/mol. The second-order valence-corrected chi connectivity index (χ2v) is 5.71. The summed E-state index contributed by atoms with van der Waals surface area (Å²) in [6, 6.07) is 7.88. The van der Waals surface area contributed by atoms with Crippen LogP contribution in [0.5, 0.6) is 0 Å². The van der Waals surface area contributed by atoms with E-state index in [0.29, 0.717) is 11.7 Å². The van der Waals surface area contributed by atoms with Crippen LogP contribution in [0.3, 0.4) is 0 Å². The highest BCUT2D eigenvalue weighted by Gasteiger charge is 2.23. The highest BCUT2D eigenvalue weighted by Crippen LogP contribution is 2.37. The Balaban J connectivity index is 1.86. The first-order chi connectivity index (χ1) is 8.24. The molecule has 1 aromatic carbocycles. The largest absolute Gasteiger partial charge is 0.457 e. The zero-order valence-electron chi connectivity index (χ0n) is 9.53. The number of furan rings is 1. The van der Waals surface area contributed by atoms with E-state index in [1.165, 1.54) is 19.3 Å². The molecule has 0 radical (unpaired) electrons. The Morgan fingerprint density at radius 2 is 2.24 bits per heavy atom. The molecule has 1 atom stereocenters. The van der Waals surface area contributed by atoms with Crippen LogP contribution in [-0.2, 0) is 0 Å². The number of benzene rings is 1. The fourth-order valence-electron chi connectivity index (χ4n) is 2.37. The molecule has 0 amide bonds. The first-order valence-electron chi connectivity index (χ1n) is 6.10. The Kier molecular flexibility index (Phi) is 2.97. The van der Waals surface area contributed by atoms with E-state index in [4.69, 9.17) is 4.42 Å². The van der Waals surface area contributed by atoms with Gasteiger partial charge in [-0.05, 0) is 40.4 Å². The van der Waals surface area contributed by atoms with Crippen LogP contribution in [0.2, 0.25) is 0 Å². The predicted octanol–water partition coefficient (Wildman–Crippen LogP) is 4.42. The SMILES string of the molecule is OC(CC1CCC1)c1cc2cccc(Br)c2o1. The van der Waals surface area contributed by atoms with Crippen molar-refractivity contribution in [3.8, 4) is 0 Å². The van der Waals surface area contributed by atoms with E-state index in [1.807, 2.05) is 24.3 Å². The maximum atomic E-state index is 10.1. The molecular weight excluding hydrogens is 280 g/mol. The Morgan fingerprint density at radius 3 is 2.88 bits per heavy atom. The van der Waals surface area contributed by atoms with E-state index in [1.54, 1.807) is 0 Å². The third-order valence-electron chi connectivity index (χ3n) is 3.62. The van der Waals surface area contributed by atoms with Crippen LogP contribution in [0.15, 0.2) is 33.2 Å². The van der Waals surface area contributed by atoms with Gasteiger partial charge in [-0.25, -0.2) is 0 Å². The van der Waals surface area contributed by atoms with Gasteiger partial charge in [0.1, 0.15) is 17.4 Å². The molecule has 1 heterocycles. The fourth-order valence-corrected chi connectivity index (χ4v) is 2.83. The van der Waals surface area contributed by atoms with E-state index in [0.717, 1.165) is 21.9 Å². The topological polar surface area (TPSA) is 33.4 Å². The van der Waals surface area contributed by atoms with Crippen molar-refractivity contribution < 1.29 is 9.52 Å². The standard InChI is InChI=1S/C14H15BrO2/c15-11-6-2-5-10-8-13(17-14(10)11)12(16)7-9-3-1-4-9/h2,5-6,8-9,12,16H,1,3-4,7H2. The van der Waals surface area contributed by atoms with Gasteiger partial charge in [-0.3, -0.25) is 0 Å². The Hall–Kier alpha value is -0.800. The molecule has 0 bridgehead atoms. The lowest BCUT2D eigenvalue weighted by Gasteiger charge is -2.26. The molecule has 1 N–H and O–H groups in total. The van der Waals surface area contributed by atoms with Crippen molar-refractivity contribution in [1.29, 1.82) is 0 Å². The van der Waals surface area contributed by atoms with Crippen LogP contribution >= 0.6 is 15.9 Å². The minimum absolute atomic E-state index is 0.459. The van der Waals surface area contributed by atoms with Crippen LogP contribution in [-0.4, -0.2) is 5.11 Å². The molecule has 1 fully saturated rings. The summed E-state index contributed by atoms with van der Waals surface area (Å²) in [6.45, 7) is 0. The first-order valence-corrected chi connectivity index (χ1v) is 6.89. The summed E-state index contributed by atoms with van der Waals surface area (Å²) >= 11 is 3.46. The number of hydrogen-bond donors (Lipinski definition) is 1. The first kappa shape index (κ1) is 11.3. The normalized spacial score (nSPS) is 18.2. The molecule has 1 aliphatic rings. The predicted molar refractivity (Wildman–Crippen MR) is 70.8 cm³/mol. The number of para-hydroxylation sites is 1. The van der Waals surface area contributed by atoms with E-state index in [-0.39, 0.29) is 0 Å². The van der Waals surface area contributed by atoms with Gasteiger partial charge in [0, 0.05) is 5.39 Å². The van der Waals surface area contributed by atoms with Crippen LogP contribution in [0.4, 0.5) is 0 Å². The minimum Gasteiger partial charge on any atom is -0.457 e. The molecule has 1 unspecified atom stereocenters. The van der Waals surface area contributed by atoms with Crippen molar-refractivity contribution in [2.24, 2.45) is 5.92 Å². The van der Waals surface area contributed by atoms with Crippen molar-refractivity contribution in [2.75, 3.05) is 0 Å². The average Bonchev–Trinajstić information content (AvgIpc) is 2.68. The van der Waals surface area contributed by atoms with Crippen LogP contribution in [0, 0.1) is 5.92 Å². The van der Waals surface area contributed by atoms with Crippen molar-refractivity contribution >= 4 is 26.9 Å². The van der Waals surface area contributed by atoms with Gasteiger partial charge in [0.2, 0.25) is 0 Å². The lowest BCUT2D eigenvalue weighted by molar-refractivity contribution is 0.1000. The van der Waals surface area contributed by atoms with Crippen LogP contribution in [0.1, 0.15) is 37.5 Å². The number of rotatable bonds is 3. The molecule has 1 aromatic heterocycles. The van der Waals surface area contributed by atoms with Crippen LogP contribution < -0.4 is 0 Å². The third kappa shape index (κ3) is 2.14. The Labute approximate surface area is 109 Å². The molecule has 1 aliphatic carbocycles. The summed E-state index contributed by atoms with van der Waals surface area (Å²) < 4.78 is 6.67. The number of aliphatic hydroxyl groups excluding tert-OH is 1. The highest BCUT2D eigenvalue weighted by molar-refractivity contribution is 9.10. The van der Waals surface area contributed by atoms with Gasteiger partial charge in [0.15, 0.2) is 0 Å². The van der Waals surface area contributed by atoms with E-state index >= 15 is 0 Å². The molecule has 90 valence electrons. The maximum Gasteiger partial charge on any atom is 0.148 e. The summed E-state index contributed by atoms with van der Waals surface area (Å²) in [5.74, 6) is 1.38. The van der Waals surface area contributed by atoms with Gasteiger partial charge >= 0.3 is 0 Å². The number of fused-ring (bicyclic) bond motifs is 1. The molecule has 2 aromatic rings. The summed E-state index contributed by atoms with van der Waals surface area (Å²) in [5, 5.41) is 11.2. The molecule has 17 heavy (non-hydrogen) atoms. The number of hydrogen-bond acceptors (Lipinski definition) is 2. The van der Waals surface area contributed by atoms with Gasteiger partial charge in [0.05, 0.1) is 4.47 Å². The smallest absolute Gasteiger partial charge is 0.148 e. The van der Waals surface area contributed by atoms with E-state index < -0.39 is 6.10 Å². The van der Waals surface area contributed by atoms with E-state index in [9.17, 15) is 5.11 Å². The minimum atomic E-state index is -0.459. The second-order valence-electron chi connectivity index (χ2n) is 4.86. The molecule has 0 spiro atoms. The highest BCUT2D eigenvalue weighted by atomic mass is 79.9. The zero-order valence-corrected chi connectivity index (χ0v) is 11.1. The molecule has 2 nitrogen and oxygen atoms in total. The summed E-state index contributed by atoms with van der Waals surface area (Å²) in [4.78, 5) is 0. The summed E-state index contributed by atoms with van der Waals surface area (Å²) in [7, 11) is 0. The molecule has 1 saturated carbocycles. The maximum absolute atomic E-state index is 10.1.